The van der Waals surface area contributed by atoms with Crippen LogP contribution in [0, 0.1) is 0 Å². The Hall–Kier alpha value is -2.71. The molecule has 2 heterocycles. The summed E-state index contributed by atoms with van der Waals surface area (Å²) in [5.41, 5.74) is 6.89. The van der Waals surface area contributed by atoms with Crippen molar-refractivity contribution in [2.45, 2.75) is 43.1 Å². The van der Waals surface area contributed by atoms with Gasteiger partial charge in [0, 0.05) is 13.0 Å². The molecule has 30 heavy (non-hydrogen) atoms. The quantitative estimate of drug-likeness (QED) is 0.238. The van der Waals surface area contributed by atoms with Crippen molar-refractivity contribution in [2.24, 2.45) is 5.73 Å². The van der Waals surface area contributed by atoms with E-state index < -0.39 is 0 Å². The summed E-state index contributed by atoms with van der Waals surface area (Å²) in [6, 6.07) is 15.5. The molecule has 0 atom stereocenters. The molecule has 0 saturated carbocycles. The molecule has 4 aromatic rings. The maximum Gasteiger partial charge on any atom is 0.262 e. The predicted molar refractivity (Wildman–Crippen MR) is 123 cm³/mol. The van der Waals surface area contributed by atoms with E-state index in [0.717, 1.165) is 34.5 Å². The fraction of sp³-hybridized carbons (Fsp3) is 0.273. The van der Waals surface area contributed by atoms with Crippen molar-refractivity contribution in [1.29, 1.82) is 0 Å². The number of para-hydroxylation sites is 2. The number of nitrogens with zero attached hydrogens (tertiary/aromatic N) is 3. The molecule has 0 unspecified atom stereocenters. The molecule has 0 fully saturated rings. The Bertz CT molecular complexity index is 1220. The second-order valence-corrected chi connectivity index (χ2v) is 9.07. The smallest absolute Gasteiger partial charge is 0.262 e. The van der Waals surface area contributed by atoms with Gasteiger partial charge in [0.05, 0.1) is 26.9 Å². The number of unbranched alkanes of at least 4 members (excludes halogenated alkanes) is 2. The number of amides is 1. The average molecular weight is 439 g/mol. The summed E-state index contributed by atoms with van der Waals surface area (Å²) in [6.45, 7) is 0.567. The number of hydrogen-bond acceptors (Lipinski definition) is 6. The Labute approximate surface area is 182 Å². The Kier molecular flexibility index (Phi) is 6.44. The van der Waals surface area contributed by atoms with Gasteiger partial charge >= 0.3 is 0 Å². The second-order valence-electron chi connectivity index (χ2n) is 7.01. The fourth-order valence-electron chi connectivity index (χ4n) is 3.31. The highest BCUT2D eigenvalue weighted by Crippen LogP contribution is 2.28. The van der Waals surface area contributed by atoms with Gasteiger partial charge in [-0.05, 0) is 37.1 Å². The summed E-state index contributed by atoms with van der Waals surface area (Å²) in [5.74, 6) is 0.373. The molecule has 0 bridgehead atoms. The molecule has 0 aliphatic heterocycles. The fourth-order valence-corrected chi connectivity index (χ4v) is 5.29. The van der Waals surface area contributed by atoms with Crippen molar-refractivity contribution < 1.29 is 4.79 Å². The normalized spacial score (nSPS) is 11.3. The molecule has 0 aliphatic rings. The molecule has 2 aromatic heterocycles. The third-order valence-corrected chi connectivity index (χ3v) is 7.00. The first-order chi connectivity index (χ1) is 14.6. The highest BCUT2D eigenvalue weighted by molar-refractivity contribution is 7.98. The van der Waals surface area contributed by atoms with Crippen LogP contribution >= 0.6 is 23.1 Å². The molecule has 2 aromatic carbocycles. The number of fused-ring (bicyclic) bond motifs is 2. The largest absolute Gasteiger partial charge is 0.370 e. The van der Waals surface area contributed by atoms with E-state index in [2.05, 4.69) is 11.1 Å². The molecule has 0 radical (unpaired) electrons. The van der Waals surface area contributed by atoms with E-state index in [-0.39, 0.29) is 11.5 Å². The minimum absolute atomic E-state index is 0.0256. The van der Waals surface area contributed by atoms with E-state index in [0.29, 0.717) is 34.8 Å². The lowest BCUT2D eigenvalue weighted by Crippen LogP contribution is -2.23. The number of carbonyl (C=O) groups excluding carboxylic acids is 1. The second kappa shape index (κ2) is 9.40. The van der Waals surface area contributed by atoms with Gasteiger partial charge in [0.15, 0.2) is 5.16 Å². The summed E-state index contributed by atoms with van der Waals surface area (Å²) in [7, 11) is 0. The van der Waals surface area contributed by atoms with Gasteiger partial charge in [0.1, 0.15) is 5.01 Å². The molecule has 0 spiro atoms. The lowest BCUT2D eigenvalue weighted by atomic mass is 10.2. The van der Waals surface area contributed by atoms with Crippen molar-refractivity contribution in [3.8, 4) is 0 Å². The van der Waals surface area contributed by atoms with E-state index in [9.17, 15) is 9.59 Å². The molecule has 154 valence electrons. The van der Waals surface area contributed by atoms with Gasteiger partial charge in [-0.25, -0.2) is 9.97 Å². The van der Waals surface area contributed by atoms with Crippen LogP contribution in [0.1, 0.15) is 30.7 Å². The van der Waals surface area contributed by atoms with Crippen LogP contribution in [0.4, 0.5) is 0 Å². The minimum atomic E-state index is -0.286. The van der Waals surface area contributed by atoms with Gasteiger partial charge in [0.25, 0.3) is 5.56 Å². The maximum absolute atomic E-state index is 13.1. The van der Waals surface area contributed by atoms with Crippen LogP contribution in [-0.4, -0.2) is 20.4 Å². The number of thioether (sulfide) groups is 1. The SMILES string of the molecule is NC(=O)CCCCCn1c(SCc2nc3ccccc3s2)nc2ccccc2c1=O. The Balaban J connectivity index is 1.56. The van der Waals surface area contributed by atoms with Gasteiger partial charge in [-0.1, -0.05) is 42.4 Å². The monoisotopic (exact) mass is 438 g/mol. The summed E-state index contributed by atoms with van der Waals surface area (Å²) >= 11 is 3.21. The molecule has 0 aliphatic carbocycles. The molecule has 4 rings (SSSR count). The number of nitrogens with two attached hydrogens (primary N) is 1. The van der Waals surface area contributed by atoms with Crippen LogP contribution in [0.15, 0.2) is 58.5 Å². The highest BCUT2D eigenvalue weighted by Gasteiger charge is 2.13. The standard InChI is InChI=1S/C22H22N4O2S2/c23-19(27)12-2-1-7-13-26-21(28)15-8-3-4-9-16(15)25-22(26)29-14-20-24-17-10-5-6-11-18(17)30-20/h3-6,8-11H,1-2,7,12-14H2,(H2,23,27). The zero-order chi connectivity index (χ0) is 20.9. The predicted octanol–water partition coefficient (Wildman–Crippen LogP) is 4.34. The van der Waals surface area contributed by atoms with Crippen molar-refractivity contribution in [3.63, 3.8) is 0 Å². The van der Waals surface area contributed by atoms with Crippen LogP contribution in [0.2, 0.25) is 0 Å². The van der Waals surface area contributed by atoms with E-state index >= 15 is 0 Å². The molecular weight excluding hydrogens is 416 g/mol. The number of rotatable bonds is 9. The van der Waals surface area contributed by atoms with Gasteiger partial charge in [-0.2, -0.15) is 0 Å². The van der Waals surface area contributed by atoms with Gasteiger partial charge < -0.3 is 5.73 Å². The number of hydrogen-bond donors (Lipinski definition) is 1. The van der Waals surface area contributed by atoms with Crippen LogP contribution in [0.25, 0.3) is 21.1 Å². The summed E-state index contributed by atoms with van der Waals surface area (Å²) in [6.07, 6.45) is 2.75. The number of aromatic nitrogens is 3. The molecule has 2 N–H and O–H groups in total. The molecule has 0 saturated heterocycles. The van der Waals surface area contributed by atoms with Crippen molar-refractivity contribution in [2.75, 3.05) is 0 Å². The summed E-state index contributed by atoms with van der Waals surface area (Å²) in [5, 5.41) is 2.34. The summed E-state index contributed by atoms with van der Waals surface area (Å²) < 4.78 is 2.91. The third kappa shape index (κ3) is 4.71. The molecule has 6 nitrogen and oxygen atoms in total. The van der Waals surface area contributed by atoms with Crippen LogP contribution < -0.4 is 11.3 Å². The van der Waals surface area contributed by atoms with Crippen molar-refractivity contribution in [3.05, 3.63) is 63.9 Å². The zero-order valence-corrected chi connectivity index (χ0v) is 18.0. The Morgan fingerprint density at radius 1 is 1.00 bits per heavy atom. The molecule has 1 amide bonds. The van der Waals surface area contributed by atoms with E-state index in [1.807, 2.05) is 42.5 Å². The van der Waals surface area contributed by atoms with Gasteiger partial charge in [-0.3, -0.25) is 14.2 Å². The third-order valence-electron chi connectivity index (χ3n) is 4.79. The van der Waals surface area contributed by atoms with E-state index in [4.69, 9.17) is 10.7 Å². The lowest BCUT2D eigenvalue weighted by Gasteiger charge is -2.12. The van der Waals surface area contributed by atoms with Gasteiger partial charge in [0.2, 0.25) is 5.91 Å². The van der Waals surface area contributed by atoms with Crippen LogP contribution in [0.5, 0.6) is 0 Å². The van der Waals surface area contributed by atoms with Crippen molar-refractivity contribution >= 4 is 50.1 Å². The topological polar surface area (TPSA) is 90.9 Å². The molecular formula is C22H22N4O2S2. The Morgan fingerprint density at radius 3 is 2.57 bits per heavy atom. The Morgan fingerprint density at radius 2 is 1.77 bits per heavy atom. The van der Waals surface area contributed by atoms with Crippen molar-refractivity contribution in [1.82, 2.24) is 14.5 Å². The number of benzene rings is 2. The zero-order valence-electron chi connectivity index (χ0n) is 16.4. The first-order valence-corrected chi connectivity index (χ1v) is 11.7. The average Bonchev–Trinajstić information content (AvgIpc) is 3.16. The number of carbonyl (C=O) groups is 1. The minimum Gasteiger partial charge on any atom is -0.370 e. The van der Waals surface area contributed by atoms with Crippen LogP contribution in [-0.2, 0) is 17.1 Å². The number of primary amides is 1. The summed E-state index contributed by atoms with van der Waals surface area (Å²) in [4.78, 5) is 33.5. The van der Waals surface area contributed by atoms with E-state index in [1.165, 1.54) is 11.8 Å². The van der Waals surface area contributed by atoms with Crippen LogP contribution in [0.3, 0.4) is 0 Å². The maximum atomic E-state index is 13.1. The highest BCUT2D eigenvalue weighted by atomic mass is 32.2. The van der Waals surface area contributed by atoms with E-state index in [1.54, 1.807) is 15.9 Å². The first-order valence-electron chi connectivity index (χ1n) is 9.87. The first kappa shape index (κ1) is 20.6. The molecule has 8 heteroatoms. The van der Waals surface area contributed by atoms with Gasteiger partial charge in [-0.15, -0.1) is 11.3 Å². The lowest BCUT2D eigenvalue weighted by molar-refractivity contribution is -0.118. The number of thiazole rings is 1.